The summed E-state index contributed by atoms with van der Waals surface area (Å²) in [5, 5.41) is 3.18. The van der Waals surface area contributed by atoms with E-state index >= 15 is 0 Å². The van der Waals surface area contributed by atoms with Gasteiger partial charge in [0.05, 0.1) is 12.8 Å². The second-order valence-electron chi connectivity index (χ2n) is 4.70. The van der Waals surface area contributed by atoms with Crippen LogP contribution in [-0.4, -0.2) is 13.0 Å². The number of carbonyl (C=O) groups is 1. The molecule has 4 nitrogen and oxygen atoms in total. The van der Waals surface area contributed by atoms with E-state index in [0.717, 1.165) is 11.1 Å². The molecule has 1 amide bonds. The summed E-state index contributed by atoms with van der Waals surface area (Å²) >= 11 is 0. The third kappa shape index (κ3) is 3.51. The third-order valence-electron chi connectivity index (χ3n) is 3.26. The van der Waals surface area contributed by atoms with Crippen LogP contribution in [0.1, 0.15) is 21.5 Å². The van der Waals surface area contributed by atoms with E-state index < -0.39 is 5.91 Å². The maximum absolute atomic E-state index is 13.1. The lowest BCUT2D eigenvalue weighted by Crippen LogP contribution is -2.12. The van der Waals surface area contributed by atoms with Gasteiger partial charge in [0.25, 0.3) is 0 Å². The minimum absolute atomic E-state index is 0.260. The van der Waals surface area contributed by atoms with Crippen molar-refractivity contribution in [2.75, 3.05) is 12.4 Å². The molecule has 0 aliphatic heterocycles. The molecular formula is C16H17FN2O2. The number of carbonyl (C=O) groups excluding carboxylic acids is 1. The zero-order chi connectivity index (χ0) is 15.4. The van der Waals surface area contributed by atoms with E-state index in [1.54, 1.807) is 31.4 Å². The van der Waals surface area contributed by atoms with Crippen LogP contribution >= 0.6 is 0 Å². The highest BCUT2D eigenvalue weighted by atomic mass is 19.1. The molecule has 21 heavy (non-hydrogen) atoms. The van der Waals surface area contributed by atoms with Crippen molar-refractivity contribution in [3.05, 3.63) is 58.9 Å². The first-order chi connectivity index (χ1) is 10.0. The van der Waals surface area contributed by atoms with Crippen LogP contribution < -0.4 is 15.8 Å². The fourth-order valence-corrected chi connectivity index (χ4v) is 2.05. The number of primary amides is 1. The molecule has 0 saturated carbocycles. The van der Waals surface area contributed by atoms with Gasteiger partial charge in [0.2, 0.25) is 5.91 Å². The van der Waals surface area contributed by atoms with E-state index in [4.69, 9.17) is 10.5 Å². The number of ether oxygens (including phenoxy) is 1. The molecule has 0 fully saturated rings. The minimum atomic E-state index is -0.501. The molecule has 5 heteroatoms. The van der Waals surface area contributed by atoms with Crippen LogP contribution in [0.15, 0.2) is 36.4 Å². The fraction of sp³-hybridized carbons (Fsp3) is 0.188. The molecule has 0 aromatic heterocycles. The van der Waals surface area contributed by atoms with Gasteiger partial charge in [-0.05, 0) is 48.4 Å². The number of methoxy groups -OCH3 is 1. The van der Waals surface area contributed by atoms with Crippen molar-refractivity contribution in [1.82, 2.24) is 0 Å². The van der Waals surface area contributed by atoms with E-state index in [2.05, 4.69) is 5.32 Å². The fourth-order valence-electron chi connectivity index (χ4n) is 2.05. The van der Waals surface area contributed by atoms with E-state index in [1.165, 1.54) is 12.1 Å². The van der Waals surface area contributed by atoms with Crippen molar-refractivity contribution in [3.8, 4) is 5.75 Å². The highest BCUT2D eigenvalue weighted by Gasteiger charge is 2.08. The van der Waals surface area contributed by atoms with Crippen molar-refractivity contribution >= 4 is 11.6 Å². The van der Waals surface area contributed by atoms with Gasteiger partial charge < -0.3 is 15.8 Å². The second kappa shape index (κ2) is 6.26. The van der Waals surface area contributed by atoms with Crippen LogP contribution in [0.2, 0.25) is 0 Å². The molecule has 0 atom stereocenters. The predicted octanol–water partition coefficient (Wildman–Crippen LogP) is 2.85. The summed E-state index contributed by atoms with van der Waals surface area (Å²) < 4.78 is 18.3. The van der Waals surface area contributed by atoms with Crippen LogP contribution in [-0.2, 0) is 6.54 Å². The van der Waals surface area contributed by atoms with Crippen LogP contribution in [0.4, 0.5) is 10.1 Å². The van der Waals surface area contributed by atoms with Crippen LogP contribution in [0.3, 0.4) is 0 Å². The van der Waals surface area contributed by atoms with Gasteiger partial charge in [-0.15, -0.1) is 0 Å². The summed E-state index contributed by atoms with van der Waals surface area (Å²) in [6, 6.07) is 9.55. The van der Waals surface area contributed by atoms with E-state index in [-0.39, 0.29) is 5.82 Å². The van der Waals surface area contributed by atoms with Crippen molar-refractivity contribution in [1.29, 1.82) is 0 Å². The quantitative estimate of drug-likeness (QED) is 0.889. The molecular weight excluding hydrogens is 271 g/mol. The topological polar surface area (TPSA) is 64.3 Å². The molecule has 0 unspecified atom stereocenters. The Kier molecular flexibility index (Phi) is 4.42. The van der Waals surface area contributed by atoms with Gasteiger partial charge in [-0.25, -0.2) is 4.39 Å². The van der Waals surface area contributed by atoms with E-state index in [9.17, 15) is 9.18 Å². The Morgan fingerprint density at radius 3 is 2.67 bits per heavy atom. The SMILES string of the molecule is COc1ccc(C(N)=O)cc1NCc1ccc(F)cc1C. The maximum Gasteiger partial charge on any atom is 0.248 e. The van der Waals surface area contributed by atoms with Gasteiger partial charge in [0, 0.05) is 12.1 Å². The lowest BCUT2D eigenvalue weighted by atomic mass is 10.1. The van der Waals surface area contributed by atoms with Gasteiger partial charge in [-0.1, -0.05) is 6.07 Å². The number of nitrogens with two attached hydrogens (primary N) is 1. The van der Waals surface area contributed by atoms with Gasteiger partial charge in [0.1, 0.15) is 11.6 Å². The smallest absolute Gasteiger partial charge is 0.248 e. The van der Waals surface area contributed by atoms with E-state index in [1.807, 2.05) is 6.92 Å². The Morgan fingerprint density at radius 2 is 2.05 bits per heavy atom. The Morgan fingerprint density at radius 1 is 1.29 bits per heavy atom. The molecule has 3 N–H and O–H groups in total. The second-order valence-corrected chi connectivity index (χ2v) is 4.70. The van der Waals surface area contributed by atoms with Gasteiger partial charge >= 0.3 is 0 Å². The Bertz CT molecular complexity index is 671. The number of hydrogen-bond donors (Lipinski definition) is 2. The summed E-state index contributed by atoms with van der Waals surface area (Å²) in [5.41, 5.74) is 8.15. The average Bonchev–Trinajstić information content (AvgIpc) is 2.46. The molecule has 0 heterocycles. The number of anilines is 1. The highest BCUT2D eigenvalue weighted by molar-refractivity contribution is 5.94. The number of nitrogens with one attached hydrogen (secondary N) is 1. The summed E-state index contributed by atoms with van der Waals surface area (Å²) in [4.78, 5) is 11.2. The number of aryl methyl sites for hydroxylation is 1. The first kappa shape index (κ1) is 14.8. The van der Waals surface area contributed by atoms with Crippen molar-refractivity contribution < 1.29 is 13.9 Å². The standard InChI is InChI=1S/C16H17FN2O2/c1-10-7-13(17)5-3-12(10)9-19-14-8-11(16(18)20)4-6-15(14)21-2/h3-8,19H,9H2,1-2H3,(H2,18,20). The van der Waals surface area contributed by atoms with Gasteiger partial charge in [-0.3, -0.25) is 4.79 Å². The predicted molar refractivity (Wildman–Crippen MR) is 80.0 cm³/mol. The first-order valence-corrected chi connectivity index (χ1v) is 6.48. The maximum atomic E-state index is 13.1. The third-order valence-corrected chi connectivity index (χ3v) is 3.26. The summed E-state index contributed by atoms with van der Waals surface area (Å²) in [6.07, 6.45) is 0. The minimum Gasteiger partial charge on any atom is -0.495 e. The number of benzene rings is 2. The zero-order valence-corrected chi connectivity index (χ0v) is 11.9. The first-order valence-electron chi connectivity index (χ1n) is 6.48. The molecule has 0 radical (unpaired) electrons. The average molecular weight is 288 g/mol. The van der Waals surface area contributed by atoms with Crippen molar-refractivity contribution in [3.63, 3.8) is 0 Å². The molecule has 2 aromatic carbocycles. The number of halogens is 1. The Balaban J connectivity index is 2.22. The number of hydrogen-bond acceptors (Lipinski definition) is 3. The van der Waals surface area contributed by atoms with Crippen LogP contribution in [0.5, 0.6) is 5.75 Å². The number of rotatable bonds is 5. The van der Waals surface area contributed by atoms with Crippen molar-refractivity contribution in [2.45, 2.75) is 13.5 Å². The highest BCUT2D eigenvalue weighted by Crippen LogP contribution is 2.26. The molecule has 0 aliphatic carbocycles. The lowest BCUT2D eigenvalue weighted by Gasteiger charge is -2.13. The number of amides is 1. The molecule has 0 bridgehead atoms. The molecule has 0 saturated heterocycles. The normalized spacial score (nSPS) is 10.2. The molecule has 0 spiro atoms. The molecule has 110 valence electrons. The Hall–Kier alpha value is -2.56. The van der Waals surface area contributed by atoms with Gasteiger partial charge in [-0.2, -0.15) is 0 Å². The summed E-state index contributed by atoms with van der Waals surface area (Å²) in [6.45, 7) is 2.34. The summed E-state index contributed by atoms with van der Waals surface area (Å²) in [5.74, 6) is -0.150. The van der Waals surface area contributed by atoms with Crippen LogP contribution in [0.25, 0.3) is 0 Å². The zero-order valence-electron chi connectivity index (χ0n) is 11.9. The summed E-state index contributed by atoms with van der Waals surface area (Å²) in [7, 11) is 1.55. The lowest BCUT2D eigenvalue weighted by molar-refractivity contribution is 0.100. The largest absolute Gasteiger partial charge is 0.495 e. The van der Waals surface area contributed by atoms with Gasteiger partial charge in [0.15, 0.2) is 0 Å². The molecule has 2 rings (SSSR count). The molecule has 2 aromatic rings. The monoisotopic (exact) mass is 288 g/mol. The van der Waals surface area contributed by atoms with Crippen LogP contribution in [0, 0.1) is 12.7 Å². The molecule has 0 aliphatic rings. The Labute approximate surface area is 122 Å². The van der Waals surface area contributed by atoms with Crippen molar-refractivity contribution in [2.24, 2.45) is 5.73 Å². The van der Waals surface area contributed by atoms with E-state index in [0.29, 0.717) is 23.5 Å².